The maximum atomic E-state index is 12.1. The molecule has 0 radical (unpaired) electrons. The lowest BCUT2D eigenvalue weighted by molar-refractivity contribution is -0.123. The van der Waals surface area contributed by atoms with Crippen molar-refractivity contribution in [3.63, 3.8) is 0 Å². The normalized spacial score (nSPS) is 27.0. The Morgan fingerprint density at radius 2 is 1.96 bits per heavy atom. The molecule has 2 N–H and O–H groups in total. The maximum absolute atomic E-state index is 12.1. The number of hydrazine groups is 1. The Bertz CT molecular complexity index is 645. The van der Waals surface area contributed by atoms with Crippen molar-refractivity contribution in [1.82, 2.24) is 10.9 Å². The molecule has 3 atom stereocenters. The van der Waals surface area contributed by atoms with E-state index in [9.17, 15) is 9.59 Å². The predicted molar refractivity (Wildman–Crippen MR) is 81.7 cm³/mol. The Labute approximate surface area is 134 Å². The Kier molecular flexibility index (Phi) is 3.59. The van der Waals surface area contributed by atoms with Crippen molar-refractivity contribution < 1.29 is 19.1 Å². The highest BCUT2D eigenvalue weighted by molar-refractivity contribution is 5.96. The number of nitrogens with one attached hydrogen (secondary N) is 2. The van der Waals surface area contributed by atoms with Crippen LogP contribution in [0.4, 0.5) is 0 Å². The van der Waals surface area contributed by atoms with Crippen molar-refractivity contribution in [1.29, 1.82) is 0 Å². The van der Waals surface area contributed by atoms with Crippen LogP contribution in [0, 0.1) is 17.8 Å². The van der Waals surface area contributed by atoms with Gasteiger partial charge in [0.2, 0.25) is 12.7 Å². The summed E-state index contributed by atoms with van der Waals surface area (Å²) in [5.41, 5.74) is 5.42. The van der Waals surface area contributed by atoms with Gasteiger partial charge >= 0.3 is 0 Å². The minimum absolute atomic E-state index is 0.114. The number of amides is 2. The van der Waals surface area contributed by atoms with Gasteiger partial charge < -0.3 is 9.47 Å². The van der Waals surface area contributed by atoms with Gasteiger partial charge in [-0.05, 0) is 55.2 Å². The van der Waals surface area contributed by atoms with E-state index in [-0.39, 0.29) is 18.6 Å². The Hall–Kier alpha value is -2.24. The van der Waals surface area contributed by atoms with E-state index >= 15 is 0 Å². The van der Waals surface area contributed by atoms with E-state index in [0.29, 0.717) is 35.3 Å². The Morgan fingerprint density at radius 1 is 1.09 bits per heavy atom. The lowest BCUT2D eigenvalue weighted by atomic mass is 9.86. The first-order valence-corrected chi connectivity index (χ1v) is 8.18. The highest BCUT2D eigenvalue weighted by atomic mass is 16.7. The fourth-order valence-corrected chi connectivity index (χ4v) is 4.15. The molecule has 1 aliphatic heterocycles. The zero-order chi connectivity index (χ0) is 15.8. The van der Waals surface area contributed by atoms with Crippen LogP contribution in [0.15, 0.2) is 18.2 Å². The van der Waals surface area contributed by atoms with E-state index in [2.05, 4.69) is 10.9 Å². The molecule has 0 unspecified atom stereocenters. The van der Waals surface area contributed by atoms with E-state index in [1.54, 1.807) is 18.2 Å². The largest absolute Gasteiger partial charge is 0.454 e. The van der Waals surface area contributed by atoms with E-state index in [1.807, 2.05) is 0 Å². The Balaban J connectivity index is 1.28. The molecule has 2 bridgehead atoms. The molecule has 2 amide bonds. The molecule has 4 rings (SSSR count). The molecule has 2 saturated carbocycles. The molecule has 2 aliphatic carbocycles. The first-order valence-electron chi connectivity index (χ1n) is 8.18. The molecule has 1 heterocycles. The van der Waals surface area contributed by atoms with Gasteiger partial charge in [-0.1, -0.05) is 6.42 Å². The van der Waals surface area contributed by atoms with Gasteiger partial charge in [-0.3, -0.25) is 20.4 Å². The van der Waals surface area contributed by atoms with Crippen LogP contribution in [0.25, 0.3) is 0 Å². The van der Waals surface area contributed by atoms with Crippen molar-refractivity contribution in [2.45, 2.75) is 32.1 Å². The molecule has 6 heteroatoms. The van der Waals surface area contributed by atoms with Gasteiger partial charge in [-0.15, -0.1) is 0 Å². The molecule has 1 aromatic carbocycles. The third-order valence-electron chi connectivity index (χ3n) is 5.28. The van der Waals surface area contributed by atoms with Crippen LogP contribution in [0.3, 0.4) is 0 Å². The van der Waals surface area contributed by atoms with Gasteiger partial charge in [0.05, 0.1) is 0 Å². The summed E-state index contributed by atoms with van der Waals surface area (Å²) in [6.07, 6.45) is 5.52. The minimum atomic E-state index is -0.357. The third kappa shape index (κ3) is 2.85. The summed E-state index contributed by atoms with van der Waals surface area (Å²) in [5, 5.41) is 0. The van der Waals surface area contributed by atoms with Crippen LogP contribution in [0.1, 0.15) is 42.5 Å². The zero-order valence-electron chi connectivity index (χ0n) is 12.8. The van der Waals surface area contributed by atoms with Crippen LogP contribution in [-0.4, -0.2) is 18.6 Å². The third-order valence-corrected chi connectivity index (χ3v) is 5.28. The number of benzene rings is 1. The average molecular weight is 316 g/mol. The monoisotopic (exact) mass is 316 g/mol. The molecular weight excluding hydrogens is 296 g/mol. The van der Waals surface area contributed by atoms with Crippen LogP contribution < -0.4 is 20.3 Å². The molecule has 0 aromatic heterocycles. The maximum Gasteiger partial charge on any atom is 0.269 e. The van der Waals surface area contributed by atoms with Gasteiger partial charge in [-0.2, -0.15) is 0 Å². The summed E-state index contributed by atoms with van der Waals surface area (Å²) in [4.78, 5) is 24.1. The van der Waals surface area contributed by atoms with E-state index in [1.165, 1.54) is 19.3 Å². The number of ether oxygens (including phenoxy) is 2. The molecule has 0 spiro atoms. The number of carbonyl (C=O) groups is 2. The molecule has 122 valence electrons. The number of hydrogen-bond acceptors (Lipinski definition) is 4. The van der Waals surface area contributed by atoms with Gasteiger partial charge in [0.25, 0.3) is 5.91 Å². The van der Waals surface area contributed by atoms with Gasteiger partial charge in [0.1, 0.15) is 0 Å². The minimum Gasteiger partial charge on any atom is -0.454 e. The van der Waals surface area contributed by atoms with Crippen molar-refractivity contribution >= 4 is 11.8 Å². The fraction of sp³-hybridized carbons (Fsp3) is 0.529. The number of hydrogen-bond donors (Lipinski definition) is 2. The topological polar surface area (TPSA) is 76.7 Å². The zero-order valence-corrected chi connectivity index (χ0v) is 12.8. The summed E-state index contributed by atoms with van der Waals surface area (Å²) in [7, 11) is 0. The van der Waals surface area contributed by atoms with Gasteiger partial charge in [0, 0.05) is 12.0 Å². The lowest BCUT2D eigenvalue weighted by Gasteiger charge is -2.20. The summed E-state index contributed by atoms with van der Waals surface area (Å²) in [6, 6.07) is 4.94. The number of rotatable bonds is 3. The lowest BCUT2D eigenvalue weighted by Crippen LogP contribution is -2.42. The quantitative estimate of drug-likeness (QED) is 0.836. The number of carbonyl (C=O) groups excluding carboxylic acids is 2. The summed E-state index contributed by atoms with van der Waals surface area (Å²) in [6.45, 7) is 0.167. The van der Waals surface area contributed by atoms with E-state index in [4.69, 9.17) is 9.47 Å². The summed E-state index contributed by atoms with van der Waals surface area (Å²) < 4.78 is 10.4. The van der Waals surface area contributed by atoms with Crippen LogP contribution in [-0.2, 0) is 4.79 Å². The van der Waals surface area contributed by atoms with Gasteiger partial charge in [0.15, 0.2) is 11.5 Å². The highest BCUT2D eigenvalue weighted by Gasteiger charge is 2.40. The SMILES string of the molecule is O=C(C[C@H]1C[C@H]2CC[C@@H]1C2)NNC(=O)c1ccc2c(c1)OCO2. The second-order valence-electron chi connectivity index (χ2n) is 6.71. The van der Waals surface area contributed by atoms with Crippen molar-refractivity contribution in [3.05, 3.63) is 23.8 Å². The Morgan fingerprint density at radius 3 is 2.74 bits per heavy atom. The molecule has 2 fully saturated rings. The second kappa shape index (κ2) is 5.76. The van der Waals surface area contributed by atoms with Gasteiger partial charge in [-0.25, -0.2) is 0 Å². The van der Waals surface area contributed by atoms with Crippen LogP contribution in [0.2, 0.25) is 0 Å². The summed E-state index contributed by atoms with van der Waals surface area (Å²) in [5.74, 6) is 2.71. The van der Waals surface area contributed by atoms with Crippen LogP contribution >= 0.6 is 0 Å². The second-order valence-corrected chi connectivity index (χ2v) is 6.71. The summed E-state index contributed by atoms with van der Waals surface area (Å²) >= 11 is 0. The van der Waals surface area contributed by atoms with Crippen molar-refractivity contribution in [2.24, 2.45) is 17.8 Å². The smallest absolute Gasteiger partial charge is 0.269 e. The first-order chi connectivity index (χ1) is 11.2. The molecule has 0 saturated heterocycles. The molecular formula is C17H20N2O4. The van der Waals surface area contributed by atoms with Crippen molar-refractivity contribution in [3.8, 4) is 11.5 Å². The molecule has 1 aromatic rings. The molecule has 3 aliphatic rings. The van der Waals surface area contributed by atoms with E-state index in [0.717, 1.165) is 12.3 Å². The standard InChI is InChI=1S/C17H20N2O4/c20-16(8-13-6-10-1-2-11(13)5-10)18-19-17(21)12-3-4-14-15(7-12)23-9-22-14/h3-4,7,10-11,13H,1-2,5-6,8-9H2,(H,18,20)(H,19,21)/t10-,11+,13+/m0/s1. The molecule has 23 heavy (non-hydrogen) atoms. The first kappa shape index (κ1) is 14.4. The average Bonchev–Trinajstić information content (AvgIpc) is 3.27. The predicted octanol–water partition coefficient (Wildman–Crippen LogP) is 2.00. The molecule has 6 nitrogen and oxygen atoms in total. The number of fused-ring (bicyclic) bond motifs is 3. The highest BCUT2D eigenvalue weighted by Crippen LogP contribution is 2.49. The van der Waals surface area contributed by atoms with E-state index < -0.39 is 0 Å². The van der Waals surface area contributed by atoms with Crippen LogP contribution in [0.5, 0.6) is 11.5 Å². The van der Waals surface area contributed by atoms with Crippen molar-refractivity contribution in [2.75, 3.05) is 6.79 Å². The fourth-order valence-electron chi connectivity index (χ4n) is 4.15.